The number of nitrogens with one attached hydrogen (secondary N) is 1. The number of hydrogen-bond acceptors (Lipinski definition) is 12. The number of rotatable bonds is 11. The van der Waals surface area contributed by atoms with Gasteiger partial charge in [0.1, 0.15) is 39.9 Å². The van der Waals surface area contributed by atoms with Gasteiger partial charge in [0.2, 0.25) is 0 Å². The summed E-state index contributed by atoms with van der Waals surface area (Å²) in [5.74, 6) is 0.559. The third-order valence-corrected chi connectivity index (χ3v) is 11.8. The maximum absolute atomic E-state index is 13.4. The first kappa shape index (κ1) is 39.4. The summed E-state index contributed by atoms with van der Waals surface area (Å²) < 4.78 is 18.5. The van der Waals surface area contributed by atoms with Crippen molar-refractivity contribution in [1.82, 2.24) is 24.7 Å². The normalized spacial score (nSPS) is 16.5. The van der Waals surface area contributed by atoms with E-state index in [1.54, 1.807) is 26.8 Å². The van der Waals surface area contributed by atoms with Crippen molar-refractivity contribution in [2.45, 2.75) is 57.5 Å². The van der Waals surface area contributed by atoms with Crippen LogP contribution in [0.15, 0.2) is 76.9 Å². The number of benzene rings is 3. The molecule has 56 heavy (non-hydrogen) atoms. The van der Waals surface area contributed by atoms with Crippen LogP contribution in [0.2, 0.25) is 0 Å². The van der Waals surface area contributed by atoms with Crippen LogP contribution in [0.25, 0.3) is 20.8 Å². The second-order valence-electron chi connectivity index (χ2n) is 15.3. The molecule has 2 saturated heterocycles. The molecule has 0 radical (unpaired) electrons. The Morgan fingerprint density at radius 1 is 1.05 bits per heavy atom. The molecule has 2 aliphatic rings. The van der Waals surface area contributed by atoms with Crippen LogP contribution in [0.1, 0.15) is 61.3 Å². The lowest BCUT2D eigenvalue weighted by atomic mass is 9.89. The Bertz CT molecular complexity index is 2190. The number of thiazole rings is 2. The number of hydrogen-bond donors (Lipinski definition) is 3. The van der Waals surface area contributed by atoms with Crippen molar-refractivity contribution in [2.75, 3.05) is 52.5 Å². The molecule has 2 aromatic heterocycles. The molecule has 2 aliphatic heterocycles. The first-order valence-corrected chi connectivity index (χ1v) is 20.4. The number of nitrogens with zero attached hydrogens (tertiary/aromatic N) is 4. The minimum atomic E-state index is -1.15. The lowest BCUT2D eigenvalue weighted by molar-refractivity contribution is -0.127. The molecule has 1 atom stereocenters. The van der Waals surface area contributed by atoms with Crippen molar-refractivity contribution in [1.29, 1.82) is 0 Å². The molecular formula is C41H47N5O8S2. The van der Waals surface area contributed by atoms with E-state index < -0.39 is 17.8 Å². The molecule has 296 valence electrons. The van der Waals surface area contributed by atoms with Gasteiger partial charge in [-0.1, -0.05) is 59.9 Å². The van der Waals surface area contributed by atoms with Gasteiger partial charge >= 0.3 is 11.0 Å². The van der Waals surface area contributed by atoms with Gasteiger partial charge in [0.25, 0.3) is 5.91 Å². The highest BCUT2D eigenvalue weighted by molar-refractivity contribution is 7.16. The summed E-state index contributed by atoms with van der Waals surface area (Å²) in [5, 5.41) is 24.1. The number of carbonyl (C=O) groups is 2. The number of morpholine rings is 1. The number of carbonyl (C=O) groups excluding carboxylic acids is 2. The van der Waals surface area contributed by atoms with Gasteiger partial charge in [0, 0.05) is 49.2 Å². The standard InChI is InChI=1S/C41H47N5O8S2/c1-40(2,3)54-39(51)46(24-33(48)30-13-14-32(47)34-35(30)56-38(50)43-34)23-27-9-11-29(12-10-27)52-21-19-44-17-15-41(16-18-44)26-45(20-22-53-41)37(49)31-25-55-36(42-31)28-7-5-4-6-8-28/h4-14,25,33,47-48H,15-24,26H2,1-3H3,(H,43,50)/t33-/m0/s1. The number of aromatic nitrogens is 2. The topological polar surface area (TPSA) is 158 Å². The minimum absolute atomic E-state index is 0.0456. The van der Waals surface area contributed by atoms with Crippen LogP contribution in [0.5, 0.6) is 11.5 Å². The molecule has 7 rings (SSSR count). The fraction of sp³-hybridized carbons (Fsp3) is 0.415. The smallest absolute Gasteiger partial charge is 0.410 e. The maximum Gasteiger partial charge on any atom is 0.410 e. The summed E-state index contributed by atoms with van der Waals surface area (Å²) in [6.45, 7) is 9.93. The molecule has 0 unspecified atom stereocenters. The molecule has 3 aromatic carbocycles. The van der Waals surface area contributed by atoms with Gasteiger partial charge in [0.15, 0.2) is 0 Å². The van der Waals surface area contributed by atoms with E-state index in [-0.39, 0.29) is 40.7 Å². The monoisotopic (exact) mass is 801 g/mol. The minimum Gasteiger partial charge on any atom is -0.506 e. The average molecular weight is 802 g/mol. The highest BCUT2D eigenvalue weighted by Gasteiger charge is 2.41. The molecule has 3 N–H and O–H groups in total. The van der Waals surface area contributed by atoms with Crippen LogP contribution in [0, 0.1) is 0 Å². The number of phenolic OH excluding ortho intramolecular Hbond substituents is 1. The molecule has 2 amide bonds. The summed E-state index contributed by atoms with van der Waals surface area (Å²) in [4.78, 5) is 51.3. The number of H-pyrrole nitrogens is 1. The van der Waals surface area contributed by atoms with E-state index in [2.05, 4.69) is 14.9 Å². The first-order valence-electron chi connectivity index (χ1n) is 18.7. The quantitative estimate of drug-likeness (QED) is 0.139. The Hall–Kier alpha value is -4.80. The van der Waals surface area contributed by atoms with E-state index in [4.69, 9.17) is 14.2 Å². The fourth-order valence-corrected chi connectivity index (χ4v) is 8.81. The number of aromatic amines is 1. The van der Waals surface area contributed by atoms with E-state index in [0.29, 0.717) is 48.0 Å². The van der Waals surface area contributed by atoms with Crippen LogP contribution < -0.4 is 9.61 Å². The van der Waals surface area contributed by atoms with Crippen molar-refractivity contribution >= 4 is 44.9 Å². The lowest BCUT2D eigenvalue weighted by Gasteiger charge is -2.47. The zero-order valence-corrected chi connectivity index (χ0v) is 33.4. The number of phenols is 1. The van der Waals surface area contributed by atoms with Crippen LogP contribution in [-0.2, 0) is 16.0 Å². The van der Waals surface area contributed by atoms with Crippen LogP contribution in [0.3, 0.4) is 0 Å². The Balaban J connectivity index is 0.897. The van der Waals surface area contributed by atoms with Gasteiger partial charge < -0.3 is 39.2 Å². The maximum atomic E-state index is 13.4. The molecule has 2 fully saturated rings. The van der Waals surface area contributed by atoms with Gasteiger partial charge in [0.05, 0.1) is 36.1 Å². The van der Waals surface area contributed by atoms with Crippen LogP contribution in [0.4, 0.5) is 4.79 Å². The molecule has 4 heterocycles. The summed E-state index contributed by atoms with van der Waals surface area (Å²) >= 11 is 2.38. The number of aliphatic hydroxyl groups is 1. The van der Waals surface area contributed by atoms with Crippen LogP contribution >= 0.6 is 22.7 Å². The molecule has 0 bridgehead atoms. The molecule has 15 heteroatoms. The Morgan fingerprint density at radius 3 is 2.54 bits per heavy atom. The zero-order chi connectivity index (χ0) is 39.5. The van der Waals surface area contributed by atoms with Gasteiger partial charge in [-0.15, -0.1) is 11.3 Å². The van der Waals surface area contributed by atoms with Crippen molar-refractivity contribution in [3.05, 3.63) is 98.6 Å². The van der Waals surface area contributed by atoms with E-state index in [1.165, 1.54) is 22.3 Å². The van der Waals surface area contributed by atoms with Crippen molar-refractivity contribution in [3.63, 3.8) is 0 Å². The predicted octanol–water partition coefficient (Wildman–Crippen LogP) is 6.28. The number of ether oxygens (including phenoxy) is 3. The van der Waals surface area contributed by atoms with E-state index in [9.17, 15) is 24.6 Å². The highest BCUT2D eigenvalue weighted by Crippen LogP contribution is 2.34. The second-order valence-corrected chi connectivity index (χ2v) is 17.1. The van der Waals surface area contributed by atoms with E-state index >= 15 is 0 Å². The van der Waals surface area contributed by atoms with Gasteiger partial charge in [-0.25, -0.2) is 9.78 Å². The van der Waals surface area contributed by atoms with Gasteiger partial charge in [-0.3, -0.25) is 14.5 Å². The second kappa shape index (κ2) is 16.7. The first-order chi connectivity index (χ1) is 26.8. The molecular weight excluding hydrogens is 755 g/mol. The van der Waals surface area contributed by atoms with Crippen LogP contribution in [-0.4, -0.2) is 111 Å². The van der Waals surface area contributed by atoms with Crippen molar-refractivity contribution in [2.24, 2.45) is 0 Å². The summed E-state index contributed by atoms with van der Waals surface area (Å²) in [6.07, 6.45) is -0.0899. The SMILES string of the molecule is CC(C)(C)OC(=O)N(Cc1ccc(OCCN2CCC3(CC2)CN(C(=O)c2csc(-c4ccccc4)n2)CCO3)cc1)C[C@H](O)c1ccc(O)c2[nH]c(=O)sc12. The number of amides is 2. The molecule has 13 nitrogen and oxygen atoms in total. The largest absolute Gasteiger partial charge is 0.506 e. The predicted molar refractivity (Wildman–Crippen MR) is 215 cm³/mol. The Kier molecular flexibility index (Phi) is 11.8. The summed E-state index contributed by atoms with van der Waals surface area (Å²) in [6, 6.07) is 20.3. The summed E-state index contributed by atoms with van der Waals surface area (Å²) in [5.41, 5.74) is 1.87. The fourth-order valence-electron chi connectivity index (χ4n) is 7.10. The third kappa shape index (κ3) is 9.41. The van der Waals surface area contributed by atoms with Crippen molar-refractivity contribution in [3.8, 4) is 22.1 Å². The van der Waals surface area contributed by atoms with E-state index in [1.807, 2.05) is 64.9 Å². The molecule has 1 spiro atoms. The lowest BCUT2D eigenvalue weighted by Crippen LogP contribution is -2.58. The number of piperidine rings is 1. The highest BCUT2D eigenvalue weighted by atomic mass is 32.1. The molecule has 0 saturated carbocycles. The number of likely N-dealkylation sites (tertiary alicyclic amines) is 1. The van der Waals surface area contributed by atoms with Gasteiger partial charge in [-0.05, 0) is 57.4 Å². The van der Waals surface area contributed by atoms with E-state index in [0.717, 1.165) is 59.9 Å². The molecule has 0 aliphatic carbocycles. The zero-order valence-electron chi connectivity index (χ0n) is 31.7. The van der Waals surface area contributed by atoms with Gasteiger partial charge in [-0.2, -0.15) is 0 Å². The number of aliphatic hydroxyl groups excluding tert-OH is 1. The van der Waals surface area contributed by atoms with Crippen molar-refractivity contribution < 1.29 is 34.0 Å². The average Bonchev–Trinajstić information content (AvgIpc) is 3.83. The number of fused-ring (bicyclic) bond motifs is 1. The molecule has 5 aromatic rings. The Labute approximate surface area is 333 Å². The third-order valence-electron chi connectivity index (χ3n) is 10.0. The summed E-state index contributed by atoms with van der Waals surface area (Å²) in [7, 11) is 0. The number of aromatic hydroxyl groups is 1. The Morgan fingerprint density at radius 2 is 1.80 bits per heavy atom.